The number of rotatable bonds is 2. The summed E-state index contributed by atoms with van der Waals surface area (Å²) in [5.74, 6) is 0. The molecule has 7 atom stereocenters. The molecule has 0 amide bonds. The molecule has 7 rings (SSSR count). The highest BCUT2D eigenvalue weighted by atomic mass is 16.7. The number of ether oxygens (including phenoxy) is 6. The molecule has 6 heterocycles. The lowest BCUT2D eigenvalue weighted by Gasteiger charge is -2.71. The molecule has 7 aliphatic rings. The monoisotopic (exact) mass is 436 g/mol. The maximum absolute atomic E-state index is 9.92. The van der Waals surface area contributed by atoms with E-state index < -0.39 is 33.6 Å². The Hall–Kier alpha value is -0.280. The van der Waals surface area contributed by atoms with E-state index in [1.54, 1.807) is 0 Å². The Morgan fingerprint density at radius 1 is 0.548 bits per heavy atom. The Labute approximate surface area is 184 Å². The fraction of sp³-hybridized carbons (Fsp3) is 1.00. The van der Waals surface area contributed by atoms with Crippen LogP contribution in [0.2, 0.25) is 0 Å². The van der Waals surface area contributed by atoms with Gasteiger partial charge in [-0.15, -0.1) is 0 Å². The first-order valence-electron chi connectivity index (χ1n) is 12.7. The average Bonchev–Trinajstić information content (AvgIpc) is 3.50. The normalized spacial score (nSPS) is 57.8. The minimum atomic E-state index is -0.651. The summed E-state index contributed by atoms with van der Waals surface area (Å²) in [6, 6.07) is 0. The first-order chi connectivity index (χ1) is 15.2. The van der Waals surface area contributed by atoms with Crippen LogP contribution >= 0.6 is 0 Å². The van der Waals surface area contributed by atoms with Crippen LogP contribution in [0.1, 0.15) is 70.6 Å². The highest BCUT2D eigenvalue weighted by Gasteiger charge is 2.98. The molecule has 7 nitrogen and oxygen atoms in total. The highest BCUT2D eigenvalue weighted by molar-refractivity contribution is 5.47. The van der Waals surface area contributed by atoms with Gasteiger partial charge in [0, 0.05) is 39.6 Å². The fourth-order valence-electron chi connectivity index (χ4n) is 9.52. The molecule has 6 saturated heterocycles. The number of hydrogen-bond donors (Lipinski definition) is 1. The predicted molar refractivity (Wildman–Crippen MR) is 109 cm³/mol. The Bertz CT molecular complexity index is 674. The lowest BCUT2D eigenvalue weighted by atomic mass is 9.42. The van der Waals surface area contributed by atoms with Crippen LogP contribution in [-0.4, -0.2) is 84.5 Å². The van der Waals surface area contributed by atoms with E-state index in [1.165, 1.54) is 0 Å². The van der Waals surface area contributed by atoms with Crippen molar-refractivity contribution in [3.8, 4) is 0 Å². The lowest BCUT2D eigenvalue weighted by Crippen LogP contribution is -2.92. The van der Waals surface area contributed by atoms with Crippen LogP contribution < -0.4 is 0 Å². The van der Waals surface area contributed by atoms with E-state index in [-0.39, 0.29) is 12.7 Å². The quantitative estimate of drug-likeness (QED) is 0.665. The molecular formula is C24H36O7. The van der Waals surface area contributed by atoms with Gasteiger partial charge in [0.25, 0.3) is 0 Å². The molecule has 7 heteroatoms. The Balaban J connectivity index is 1.55. The fourth-order valence-corrected chi connectivity index (χ4v) is 9.52. The SMILES string of the molecule is OCC[C@H]1OC12[C@@]1(CCCO1)[C@]1(CCCO1)C1(CCCO1)[C@]1(CCCO1)[C@@]21CCCO1. The molecule has 0 bridgehead atoms. The van der Waals surface area contributed by atoms with E-state index in [1.807, 2.05) is 0 Å². The average molecular weight is 437 g/mol. The smallest absolute Gasteiger partial charge is 0.158 e. The number of aliphatic hydroxyl groups excluding tert-OH is 1. The molecule has 0 aromatic heterocycles. The summed E-state index contributed by atoms with van der Waals surface area (Å²) in [7, 11) is 0. The summed E-state index contributed by atoms with van der Waals surface area (Å²) in [5, 5.41) is 9.92. The van der Waals surface area contributed by atoms with E-state index in [9.17, 15) is 5.11 Å². The van der Waals surface area contributed by atoms with Gasteiger partial charge in [0.15, 0.2) is 5.60 Å². The molecule has 7 fully saturated rings. The number of fused-ring (bicyclic) bond motifs is 6. The van der Waals surface area contributed by atoms with E-state index in [0.717, 1.165) is 84.0 Å². The van der Waals surface area contributed by atoms with Crippen LogP contribution in [0, 0.1) is 0 Å². The molecule has 1 saturated carbocycles. The van der Waals surface area contributed by atoms with Crippen LogP contribution in [0.25, 0.3) is 0 Å². The minimum absolute atomic E-state index is 0.0991. The third-order valence-corrected chi connectivity index (χ3v) is 10.0. The second kappa shape index (κ2) is 6.44. The molecule has 1 N–H and O–H groups in total. The maximum Gasteiger partial charge on any atom is 0.158 e. The summed E-state index contributed by atoms with van der Waals surface area (Å²) >= 11 is 0. The van der Waals surface area contributed by atoms with Gasteiger partial charge in [0.1, 0.15) is 28.0 Å². The standard InChI is InChI=1S/C24H36O7/c25-12-6-18-24(31-18)22(10-4-16-29-22)20(8-2-14-27-20)19(7-1-13-26-19)21(9-3-15-28-21)23(24)11-5-17-30-23/h18,25H,1-17H2/t18-,19?,20-,21+,22+,23-,24?/m1/s1. The van der Waals surface area contributed by atoms with Gasteiger partial charge in [-0.25, -0.2) is 0 Å². The van der Waals surface area contributed by atoms with Crippen LogP contribution in [0.5, 0.6) is 0 Å². The van der Waals surface area contributed by atoms with E-state index >= 15 is 0 Å². The van der Waals surface area contributed by atoms with Crippen molar-refractivity contribution in [3.05, 3.63) is 0 Å². The zero-order chi connectivity index (χ0) is 20.8. The first-order valence-corrected chi connectivity index (χ1v) is 12.7. The number of epoxide rings is 1. The van der Waals surface area contributed by atoms with Crippen LogP contribution in [-0.2, 0) is 28.4 Å². The van der Waals surface area contributed by atoms with Gasteiger partial charge in [0.2, 0.25) is 0 Å². The molecule has 1 aliphatic carbocycles. The third kappa shape index (κ3) is 1.86. The van der Waals surface area contributed by atoms with Crippen molar-refractivity contribution in [1.29, 1.82) is 0 Å². The van der Waals surface area contributed by atoms with Crippen molar-refractivity contribution in [3.63, 3.8) is 0 Å². The summed E-state index contributed by atoms with van der Waals surface area (Å²) in [6.45, 7) is 3.70. The topological polar surface area (TPSA) is 78.9 Å². The Morgan fingerprint density at radius 2 is 0.903 bits per heavy atom. The molecule has 0 radical (unpaired) electrons. The zero-order valence-electron chi connectivity index (χ0n) is 18.5. The molecule has 6 aliphatic heterocycles. The molecule has 0 aromatic rings. The predicted octanol–water partition coefficient (Wildman–Crippen LogP) is 2.27. The molecular weight excluding hydrogens is 400 g/mol. The zero-order valence-corrected chi connectivity index (χ0v) is 18.5. The molecule has 174 valence electrons. The highest BCUT2D eigenvalue weighted by Crippen LogP contribution is 2.79. The maximum atomic E-state index is 9.92. The Morgan fingerprint density at radius 3 is 1.23 bits per heavy atom. The van der Waals surface area contributed by atoms with Crippen LogP contribution in [0.3, 0.4) is 0 Å². The van der Waals surface area contributed by atoms with Crippen molar-refractivity contribution < 1.29 is 33.5 Å². The van der Waals surface area contributed by atoms with Crippen molar-refractivity contribution >= 4 is 0 Å². The van der Waals surface area contributed by atoms with Gasteiger partial charge in [-0.2, -0.15) is 0 Å². The largest absolute Gasteiger partial charge is 0.396 e. The summed E-state index contributed by atoms with van der Waals surface area (Å²) < 4.78 is 41.4. The van der Waals surface area contributed by atoms with Gasteiger partial charge in [0.05, 0.1) is 6.10 Å². The van der Waals surface area contributed by atoms with Crippen LogP contribution in [0.4, 0.5) is 0 Å². The number of aliphatic hydroxyl groups is 1. The minimum Gasteiger partial charge on any atom is -0.396 e. The summed E-state index contributed by atoms with van der Waals surface area (Å²) in [5.41, 5.74) is -3.67. The second-order valence-corrected chi connectivity index (χ2v) is 10.7. The van der Waals surface area contributed by atoms with E-state index in [0.29, 0.717) is 19.6 Å². The van der Waals surface area contributed by atoms with Gasteiger partial charge in [-0.1, -0.05) is 0 Å². The first kappa shape index (κ1) is 20.1. The van der Waals surface area contributed by atoms with Gasteiger partial charge >= 0.3 is 0 Å². The van der Waals surface area contributed by atoms with Crippen molar-refractivity contribution in [2.24, 2.45) is 0 Å². The van der Waals surface area contributed by atoms with Crippen molar-refractivity contribution in [1.82, 2.24) is 0 Å². The van der Waals surface area contributed by atoms with Gasteiger partial charge in [-0.05, 0) is 70.6 Å². The summed E-state index contributed by atoms with van der Waals surface area (Å²) in [6.07, 6.45) is 10.00. The van der Waals surface area contributed by atoms with E-state index in [2.05, 4.69) is 0 Å². The van der Waals surface area contributed by atoms with Gasteiger partial charge < -0.3 is 33.5 Å². The second-order valence-electron chi connectivity index (χ2n) is 10.7. The molecule has 31 heavy (non-hydrogen) atoms. The van der Waals surface area contributed by atoms with Crippen LogP contribution in [0.15, 0.2) is 0 Å². The molecule has 6 spiro atoms. The lowest BCUT2D eigenvalue weighted by molar-refractivity contribution is -0.403. The summed E-state index contributed by atoms with van der Waals surface area (Å²) in [4.78, 5) is 0. The van der Waals surface area contributed by atoms with E-state index in [4.69, 9.17) is 28.4 Å². The van der Waals surface area contributed by atoms with Crippen molar-refractivity contribution in [2.45, 2.75) is 110 Å². The molecule has 0 aromatic carbocycles. The number of hydrogen-bond acceptors (Lipinski definition) is 7. The molecule has 2 unspecified atom stereocenters. The van der Waals surface area contributed by atoms with Crippen molar-refractivity contribution in [2.75, 3.05) is 39.6 Å². The third-order valence-electron chi connectivity index (χ3n) is 10.0. The van der Waals surface area contributed by atoms with Gasteiger partial charge in [-0.3, -0.25) is 0 Å². The Kier molecular flexibility index (Phi) is 4.18.